The molecule has 7 nitrogen and oxygen atoms in total. The van der Waals surface area contributed by atoms with Crippen LogP contribution in [0.1, 0.15) is 22.9 Å². The maximum absolute atomic E-state index is 13.5. The number of likely N-dealkylation sites (tertiary alicyclic amines) is 1. The first kappa shape index (κ1) is 24.4. The van der Waals surface area contributed by atoms with E-state index in [9.17, 15) is 18.7 Å². The van der Waals surface area contributed by atoms with E-state index in [0.29, 0.717) is 37.6 Å². The molecule has 4 aromatic rings. The molecule has 3 heterocycles. The van der Waals surface area contributed by atoms with Crippen LogP contribution in [-0.4, -0.2) is 59.3 Å². The van der Waals surface area contributed by atoms with E-state index in [1.807, 2.05) is 18.2 Å². The molecule has 1 aromatic heterocycles. The quantitative estimate of drug-likeness (QED) is 0.355. The standard InChI is InChI=1S/C29H28F2N4O3/c1-38-22-10-11-23-24(12-22)33-27-25(14-36)35(28(37)32-21-8-6-20(31)7-9-21)17-29(26(23)27)15-34(16-29)13-18-2-4-19(30)5-3-18/h2-12,25,33,36H,13-17H2,1H3,(H,32,37)/t25-/m0/s1. The fourth-order valence-corrected chi connectivity index (χ4v) is 5.98. The average Bonchev–Trinajstić information content (AvgIpc) is 3.29. The second kappa shape index (κ2) is 9.41. The van der Waals surface area contributed by atoms with Crippen molar-refractivity contribution in [1.82, 2.24) is 14.8 Å². The van der Waals surface area contributed by atoms with Crippen molar-refractivity contribution in [2.24, 2.45) is 0 Å². The Morgan fingerprint density at radius 2 is 1.74 bits per heavy atom. The fraction of sp³-hybridized carbons (Fsp3) is 0.276. The molecule has 0 unspecified atom stereocenters. The van der Waals surface area contributed by atoms with E-state index in [2.05, 4.69) is 15.2 Å². The number of nitrogens with one attached hydrogen (secondary N) is 2. The van der Waals surface area contributed by atoms with Crippen LogP contribution in [0.5, 0.6) is 5.75 Å². The number of benzene rings is 3. The topological polar surface area (TPSA) is 80.8 Å². The minimum Gasteiger partial charge on any atom is -0.497 e. The van der Waals surface area contributed by atoms with E-state index in [0.717, 1.165) is 27.7 Å². The molecule has 0 bridgehead atoms. The lowest BCUT2D eigenvalue weighted by Gasteiger charge is -2.56. The molecule has 1 atom stereocenters. The maximum atomic E-state index is 13.5. The second-order valence-electron chi connectivity index (χ2n) is 10.1. The van der Waals surface area contributed by atoms with Gasteiger partial charge in [-0.2, -0.15) is 0 Å². The van der Waals surface area contributed by atoms with Crippen LogP contribution in [0.15, 0.2) is 66.7 Å². The number of H-pyrrole nitrogens is 1. The Morgan fingerprint density at radius 3 is 2.39 bits per heavy atom. The molecule has 38 heavy (non-hydrogen) atoms. The summed E-state index contributed by atoms with van der Waals surface area (Å²) in [6.07, 6.45) is 0. The van der Waals surface area contributed by atoms with Crippen LogP contribution in [0.25, 0.3) is 10.9 Å². The van der Waals surface area contributed by atoms with E-state index in [-0.39, 0.29) is 29.7 Å². The molecule has 2 aliphatic rings. The monoisotopic (exact) mass is 518 g/mol. The predicted molar refractivity (Wildman–Crippen MR) is 140 cm³/mol. The number of halogens is 2. The Balaban J connectivity index is 1.36. The summed E-state index contributed by atoms with van der Waals surface area (Å²) in [7, 11) is 1.61. The van der Waals surface area contributed by atoms with Gasteiger partial charge < -0.3 is 25.0 Å². The smallest absolute Gasteiger partial charge is 0.322 e. The Kier molecular flexibility index (Phi) is 6.04. The minimum absolute atomic E-state index is 0.261. The van der Waals surface area contributed by atoms with E-state index in [4.69, 9.17) is 4.74 Å². The summed E-state index contributed by atoms with van der Waals surface area (Å²) < 4.78 is 32.2. The van der Waals surface area contributed by atoms with Crippen molar-refractivity contribution in [3.05, 3.63) is 95.2 Å². The summed E-state index contributed by atoms with van der Waals surface area (Å²) in [4.78, 5) is 20.9. The molecular weight excluding hydrogens is 490 g/mol. The fourth-order valence-electron chi connectivity index (χ4n) is 5.98. The maximum Gasteiger partial charge on any atom is 0.322 e. The summed E-state index contributed by atoms with van der Waals surface area (Å²) in [6.45, 7) is 2.18. The Labute approximate surface area is 218 Å². The number of hydrogen-bond donors (Lipinski definition) is 3. The van der Waals surface area contributed by atoms with Gasteiger partial charge >= 0.3 is 6.03 Å². The predicted octanol–water partition coefficient (Wildman–Crippen LogP) is 4.79. The molecule has 196 valence electrons. The summed E-state index contributed by atoms with van der Waals surface area (Å²) in [6, 6.07) is 17.0. The number of urea groups is 1. The van der Waals surface area contributed by atoms with Crippen LogP contribution >= 0.6 is 0 Å². The molecule has 3 N–H and O–H groups in total. The zero-order valence-corrected chi connectivity index (χ0v) is 20.9. The van der Waals surface area contributed by atoms with Crippen molar-refractivity contribution >= 4 is 22.6 Å². The van der Waals surface area contributed by atoms with Gasteiger partial charge in [0.25, 0.3) is 0 Å². The Morgan fingerprint density at radius 1 is 1.05 bits per heavy atom. The largest absolute Gasteiger partial charge is 0.497 e. The van der Waals surface area contributed by atoms with Gasteiger partial charge in [0, 0.05) is 59.9 Å². The third kappa shape index (κ3) is 4.17. The highest BCUT2D eigenvalue weighted by molar-refractivity contribution is 5.92. The molecule has 0 aliphatic carbocycles. The summed E-state index contributed by atoms with van der Waals surface area (Å²) in [5.74, 6) is 0.0583. The minimum atomic E-state index is -0.583. The van der Waals surface area contributed by atoms with Crippen molar-refractivity contribution < 1.29 is 23.4 Å². The highest BCUT2D eigenvalue weighted by atomic mass is 19.1. The van der Waals surface area contributed by atoms with E-state index < -0.39 is 6.04 Å². The van der Waals surface area contributed by atoms with Crippen molar-refractivity contribution in [3.63, 3.8) is 0 Å². The molecule has 3 aromatic carbocycles. The third-order valence-electron chi connectivity index (χ3n) is 7.65. The Bertz CT molecular complexity index is 1480. The number of carbonyl (C=O) groups is 1. The number of carbonyl (C=O) groups excluding carboxylic acids is 1. The van der Waals surface area contributed by atoms with Gasteiger partial charge in [0.15, 0.2) is 0 Å². The first-order valence-corrected chi connectivity index (χ1v) is 12.5. The number of rotatable bonds is 5. The van der Waals surface area contributed by atoms with Crippen LogP contribution in [0.3, 0.4) is 0 Å². The van der Waals surface area contributed by atoms with Gasteiger partial charge in [0.1, 0.15) is 17.4 Å². The first-order valence-electron chi connectivity index (χ1n) is 12.5. The van der Waals surface area contributed by atoms with Gasteiger partial charge in [-0.3, -0.25) is 4.90 Å². The van der Waals surface area contributed by atoms with Crippen LogP contribution in [0, 0.1) is 11.6 Å². The van der Waals surface area contributed by atoms with Crippen LogP contribution < -0.4 is 10.1 Å². The highest BCUT2D eigenvalue weighted by Gasteiger charge is 2.53. The van der Waals surface area contributed by atoms with Crippen molar-refractivity contribution in [1.29, 1.82) is 0 Å². The van der Waals surface area contributed by atoms with E-state index >= 15 is 0 Å². The van der Waals surface area contributed by atoms with Crippen molar-refractivity contribution in [2.45, 2.75) is 18.0 Å². The molecule has 0 radical (unpaired) electrons. The van der Waals surface area contributed by atoms with Gasteiger partial charge in [-0.1, -0.05) is 12.1 Å². The summed E-state index contributed by atoms with van der Waals surface area (Å²) in [5, 5.41) is 14.4. The highest BCUT2D eigenvalue weighted by Crippen LogP contribution is 2.49. The second-order valence-corrected chi connectivity index (χ2v) is 10.1. The lowest BCUT2D eigenvalue weighted by Crippen LogP contribution is -2.66. The Hall–Kier alpha value is -3.95. The number of fused-ring (bicyclic) bond motifs is 4. The number of aliphatic hydroxyl groups is 1. The molecule has 2 aliphatic heterocycles. The molecular formula is C29H28F2N4O3. The number of hydrogen-bond acceptors (Lipinski definition) is 4. The summed E-state index contributed by atoms with van der Waals surface area (Å²) >= 11 is 0. The number of methoxy groups -OCH3 is 1. The number of aromatic amines is 1. The van der Waals surface area contributed by atoms with Crippen LogP contribution in [0.2, 0.25) is 0 Å². The average molecular weight is 519 g/mol. The molecule has 6 rings (SSSR count). The van der Waals surface area contributed by atoms with Gasteiger partial charge in [-0.05, 0) is 59.7 Å². The number of anilines is 1. The lowest BCUT2D eigenvalue weighted by atomic mass is 9.68. The molecule has 2 amide bonds. The van der Waals surface area contributed by atoms with Gasteiger partial charge in [0.05, 0.1) is 19.8 Å². The van der Waals surface area contributed by atoms with E-state index in [1.165, 1.54) is 36.4 Å². The van der Waals surface area contributed by atoms with Crippen LogP contribution in [0.4, 0.5) is 19.3 Å². The SMILES string of the molecule is COc1ccc2c3c([nH]c2c1)[C@H](CO)N(C(=O)Nc1ccc(F)cc1)CC31CN(Cc2ccc(F)cc2)C1. The van der Waals surface area contributed by atoms with Crippen molar-refractivity contribution in [3.8, 4) is 5.75 Å². The normalized spacial score (nSPS) is 18.3. The summed E-state index contributed by atoms with van der Waals surface area (Å²) in [5.41, 5.74) is 3.91. The lowest BCUT2D eigenvalue weighted by molar-refractivity contribution is 0.00856. The van der Waals surface area contributed by atoms with Crippen LogP contribution in [-0.2, 0) is 12.0 Å². The van der Waals surface area contributed by atoms with Gasteiger partial charge in [-0.25, -0.2) is 13.6 Å². The van der Waals surface area contributed by atoms with Gasteiger partial charge in [0.2, 0.25) is 0 Å². The third-order valence-corrected chi connectivity index (χ3v) is 7.65. The zero-order chi connectivity index (χ0) is 26.4. The number of ether oxygens (including phenoxy) is 1. The number of nitrogens with zero attached hydrogens (tertiary/aromatic N) is 2. The number of aromatic nitrogens is 1. The van der Waals surface area contributed by atoms with E-state index in [1.54, 1.807) is 24.1 Å². The molecule has 1 spiro atoms. The number of aliphatic hydroxyl groups excluding tert-OH is 1. The first-order chi connectivity index (χ1) is 18.4. The molecule has 0 saturated carbocycles. The molecule has 1 fully saturated rings. The molecule has 9 heteroatoms. The van der Waals surface area contributed by atoms with Crippen molar-refractivity contribution in [2.75, 3.05) is 38.7 Å². The zero-order valence-electron chi connectivity index (χ0n) is 20.9. The van der Waals surface area contributed by atoms with Gasteiger partial charge in [-0.15, -0.1) is 0 Å². The molecule has 1 saturated heterocycles. The number of amides is 2.